The third-order valence-corrected chi connectivity index (χ3v) is 5.53. The molecule has 0 radical (unpaired) electrons. The van der Waals surface area contributed by atoms with Crippen molar-refractivity contribution in [2.24, 2.45) is 0 Å². The summed E-state index contributed by atoms with van der Waals surface area (Å²) >= 11 is 6.21. The van der Waals surface area contributed by atoms with Crippen molar-refractivity contribution < 1.29 is 4.79 Å². The van der Waals surface area contributed by atoms with Gasteiger partial charge in [-0.1, -0.05) is 24.1 Å². The van der Waals surface area contributed by atoms with Crippen molar-refractivity contribution in [3.05, 3.63) is 52.0 Å². The lowest BCUT2D eigenvalue weighted by Crippen LogP contribution is -2.45. The van der Waals surface area contributed by atoms with Gasteiger partial charge < -0.3 is 4.98 Å². The predicted octanol–water partition coefficient (Wildman–Crippen LogP) is 4.63. The minimum absolute atomic E-state index is 0.0569. The first kappa shape index (κ1) is 18.0. The van der Waals surface area contributed by atoms with E-state index in [9.17, 15) is 4.79 Å². The summed E-state index contributed by atoms with van der Waals surface area (Å²) in [6.07, 6.45) is 3.50. The number of aromatic amines is 1. The predicted molar refractivity (Wildman–Crippen MR) is 109 cm³/mol. The molecule has 1 fully saturated rings. The van der Waals surface area contributed by atoms with Gasteiger partial charge in [-0.3, -0.25) is 10.2 Å². The standard InChI is InChI=1S/C21H23ClN4O/c1-13-10-15(21(27)25-26-8-4-3-5-9-26)6-7-16(13)20-23-18-11-14(2)17(22)12-19(18)24-20/h6-7,10-12H,3-5,8-9H2,1-2H3,(H,23,24)(H,25,27). The number of aromatic nitrogens is 2. The van der Waals surface area contributed by atoms with Gasteiger partial charge in [0.05, 0.1) is 11.0 Å². The number of nitrogens with zero attached hydrogens (tertiary/aromatic N) is 2. The van der Waals surface area contributed by atoms with Crippen LogP contribution in [0.4, 0.5) is 0 Å². The molecule has 0 saturated carbocycles. The summed E-state index contributed by atoms with van der Waals surface area (Å²) in [7, 11) is 0. The molecule has 1 saturated heterocycles. The maximum atomic E-state index is 12.5. The monoisotopic (exact) mass is 382 g/mol. The number of carbonyl (C=O) groups is 1. The highest BCUT2D eigenvalue weighted by atomic mass is 35.5. The highest BCUT2D eigenvalue weighted by molar-refractivity contribution is 6.32. The van der Waals surface area contributed by atoms with Crippen LogP contribution in [0.2, 0.25) is 5.02 Å². The van der Waals surface area contributed by atoms with Crippen LogP contribution in [0.1, 0.15) is 40.7 Å². The maximum absolute atomic E-state index is 12.5. The molecule has 3 aromatic rings. The lowest BCUT2D eigenvalue weighted by atomic mass is 10.0. The molecule has 0 spiro atoms. The Bertz CT molecular complexity index is 966. The average Bonchev–Trinajstić information content (AvgIpc) is 3.05. The zero-order valence-electron chi connectivity index (χ0n) is 15.6. The van der Waals surface area contributed by atoms with Gasteiger partial charge in [0.25, 0.3) is 5.91 Å². The topological polar surface area (TPSA) is 61.0 Å². The van der Waals surface area contributed by atoms with E-state index >= 15 is 0 Å². The summed E-state index contributed by atoms with van der Waals surface area (Å²) in [5, 5.41) is 2.72. The molecule has 5 nitrogen and oxygen atoms in total. The fraction of sp³-hybridized carbons (Fsp3) is 0.333. The van der Waals surface area contributed by atoms with E-state index in [-0.39, 0.29) is 5.91 Å². The third kappa shape index (κ3) is 3.70. The number of carbonyl (C=O) groups excluding carboxylic acids is 1. The molecule has 27 heavy (non-hydrogen) atoms. The number of piperidine rings is 1. The SMILES string of the molecule is Cc1cc2[nH]c(-c3ccc(C(=O)NN4CCCCC4)cc3C)nc2cc1Cl. The zero-order valence-corrected chi connectivity index (χ0v) is 16.4. The number of fused-ring (bicyclic) bond motifs is 1. The van der Waals surface area contributed by atoms with Crippen LogP contribution in [-0.4, -0.2) is 34.0 Å². The average molecular weight is 383 g/mol. The van der Waals surface area contributed by atoms with Crippen molar-refractivity contribution in [3.8, 4) is 11.4 Å². The van der Waals surface area contributed by atoms with Gasteiger partial charge >= 0.3 is 0 Å². The molecule has 0 bridgehead atoms. The lowest BCUT2D eigenvalue weighted by Gasteiger charge is -2.26. The number of amides is 1. The van der Waals surface area contributed by atoms with Crippen LogP contribution in [0, 0.1) is 13.8 Å². The van der Waals surface area contributed by atoms with Crippen molar-refractivity contribution in [1.82, 2.24) is 20.4 Å². The molecule has 6 heteroatoms. The molecule has 2 heterocycles. The summed E-state index contributed by atoms with van der Waals surface area (Å²) in [5.74, 6) is 0.728. The van der Waals surface area contributed by atoms with Crippen LogP contribution in [-0.2, 0) is 0 Å². The number of H-pyrrole nitrogens is 1. The number of nitrogens with one attached hydrogen (secondary N) is 2. The number of aryl methyl sites for hydroxylation is 2. The molecular weight excluding hydrogens is 360 g/mol. The molecule has 2 aromatic carbocycles. The van der Waals surface area contributed by atoms with Crippen molar-refractivity contribution in [2.75, 3.05) is 13.1 Å². The second kappa shape index (κ2) is 7.33. The van der Waals surface area contributed by atoms with Gasteiger partial charge in [-0.15, -0.1) is 0 Å². The van der Waals surface area contributed by atoms with E-state index in [0.29, 0.717) is 10.6 Å². The minimum Gasteiger partial charge on any atom is -0.338 e. The third-order valence-electron chi connectivity index (χ3n) is 5.12. The number of rotatable bonds is 3. The Balaban J connectivity index is 1.59. The molecule has 1 aliphatic rings. The van der Waals surface area contributed by atoms with Crippen LogP contribution in [0.5, 0.6) is 0 Å². The second-order valence-corrected chi connectivity index (χ2v) is 7.63. The number of benzene rings is 2. The molecule has 0 aliphatic carbocycles. The Kier molecular flexibility index (Phi) is 4.89. The van der Waals surface area contributed by atoms with E-state index in [1.807, 2.05) is 49.2 Å². The van der Waals surface area contributed by atoms with Crippen LogP contribution in [0.3, 0.4) is 0 Å². The molecule has 1 amide bonds. The van der Waals surface area contributed by atoms with Crippen molar-refractivity contribution in [1.29, 1.82) is 0 Å². The number of hydrazine groups is 1. The smallest absolute Gasteiger partial charge is 0.265 e. The quantitative estimate of drug-likeness (QED) is 0.694. The summed E-state index contributed by atoms with van der Waals surface area (Å²) in [5.41, 5.74) is 8.47. The lowest BCUT2D eigenvalue weighted by molar-refractivity contribution is 0.0750. The van der Waals surface area contributed by atoms with Gasteiger partial charge in [-0.2, -0.15) is 0 Å². The van der Waals surface area contributed by atoms with E-state index in [2.05, 4.69) is 15.4 Å². The van der Waals surface area contributed by atoms with Gasteiger partial charge in [-0.05, 0) is 62.1 Å². The molecule has 2 N–H and O–H groups in total. The number of hydrogen-bond donors (Lipinski definition) is 2. The molecule has 140 valence electrons. The Hall–Kier alpha value is -2.37. The Morgan fingerprint density at radius 1 is 1.11 bits per heavy atom. The molecular formula is C21H23ClN4O. The molecule has 1 aromatic heterocycles. The molecule has 0 unspecified atom stereocenters. The maximum Gasteiger partial charge on any atom is 0.265 e. The van der Waals surface area contributed by atoms with Crippen molar-refractivity contribution >= 4 is 28.5 Å². The summed E-state index contributed by atoms with van der Waals surface area (Å²) in [6, 6.07) is 9.60. The van der Waals surface area contributed by atoms with Crippen molar-refractivity contribution in [3.63, 3.8) is 0 Å². The Morgan fingerprint density at radius 2 is 1.89 bits per heavy atom. The van der Waals surface area contributed by atoms with E-state index in [4.69, 9.17) is 11.6 Å². The molecule has 0 atom stereocenters. The number of halogens is 1. The van der Waals surface area contributed by atoms with Gasteiger partial charge in [0, 0.05) is 29.2 Å². The second-order valence-electron chi connectivity index (χ2n) is 7.22. The van der Waals surface area contributed by atoms with E-state index in [1.54, 1.807) is 0 Å². The van der Waals surface area contributed by atoms with Gasteiger partial charge in [0.1, 0.15) is 5.82 Å². The normalized spacial score (nSPS) is 15.2. The molecule has 1 aliphatic heterocycles. The van der Waals surface area contributed by atoms with Crippen LogP contribution in [0.15, 0.2) is 30.3 Å². The van der Waals surface area contributed by atoms with E-state index < -0.39 is 0 Å². The van der Waals surface area contributed by atoms with Crippen molar-refractivity contribution in [2.45, 2.75) is 33.1 Å². The fourth-order valence-electron chi connectivity index (χ4n) is 3.55. The first-order chi connectivity index (χ1) is 13.0. The summed E-state index contributed by atoms with van der Waals surface area (Å²) in [6.45, 7) is 5.81. The highest BCUT2D eigenvalue weighted by Gasteiger charge is 2.16. The number of imidazole rings is 1. The van der Waals surface area contributed by atoms with Crippen LogP contribution in [0.25, 0.3) is 22.4 Å². The van der Waals surface area contributed by atoms with Gasteiger partial charge in [0.2, 0.25) is 0 Å². The van der Waals surface area contributed by atoms with Crippen LogP contribution < -0.4 is 5.43 Å². The van der Waals surface area contributed by atoms with E-state index in [0.717, 1.165) is 59.5 Å². The Labute approximate surface area is 163 Å². The highest BCUT2D eigenvalue weighted by Crippen LogP contribution is 2.27. The zero-order chi connectivity index (χ0) is 19.0. The van der Waals surface area contributed by atoms with Crippen LogP contribution >= 0.6 is 11.6 Å². The summed E-state index contributed by atoms with van der Waals surface area (Å²) < 4.78 is 0. The number of hydrogen-bond acceptors (Lipinski definition) is 3. The Morgan fingerprint density at radius 3 is 2.63 bits per heavy atom. The largest absolute Gasteiger partial charge is 0.338 e. The first-order valence-electron chi connectivity index (χ1n) is 9.34. The fourth-order valence-corrected chi connectivity index (χ4v) is 3.71. The van der Waals surface area contributed by atoms with E-state index in [1.165, 1.54) is 6.42 Å². The van der Waals surface area contributed by atoms with Gasteiger partial charge in [-0.25, -0.2) is 9.99 Å². The first-order valence-corrected chi connectivity index (χ1v) is 9.72. The molecule has 4 rings (SSSR count). The minimum atomic E-state index is -0.0569. The summed E-state index contributed by atoms with van der Waals surface area (Å²) in [4.78, 5) is 20.6. The van der Waals surface area contributed by atoms with Gasteiger partial charge in [0.15, 0.2) is 0 Å².